The van der Waals surface area contributed by atoms with E-state index in [1.807, 2.05) is 29.0 Å². The summed E-state index contributed by atoms with van der Waals surface area (Å²) < 4.78 is 7.11. The highest BCUT2D eigenvalue weighted by molar-refractivity contribution is 5.97. The summed E-state index contributed by atoms with van der Waals surface area (Å²) in [6.07, 6.45) is 4.39. The van der Waals surface area contributed by atoms with E-state index in [1.54, 1.807) is 6.07 Å². The summed E-state index contributed by atoms with van der Waals surface area (Å²) in [4.78, 5) is 23.3. The molecule has 21 heavy (non-hydrogen) atoms. The maximum atomic E-state index is 12.2. The molecule has 0 atom stereocenters. The monoisotopic (exact) mass is 286 g/mol. The average molecular weight is 286 g/mol. The molecular weight excluding hydrogens is 268 g/mol. The second kappa shape index (κ2) is 6.10. The first-order valence-corrected chi connectivity index (χ1v) is 7.18. The Bertz CT molecular complexity index is 657. The molecule has 2 aromatic rings. The number of aldehydes is 1. The smallest absolute Gasteiger partial charge is 0.240 e. The number of amides is 1. The van der Waals surface area contributed by atoms with E-state index >= 15 is 0 Å². The van der Waals surface area contributed by atoms with Gasteiger partial charge < -0.3 is 14.6 Å². The van der Waals surface area contributed by atoms with Crippen LogP contribution in [-0.2, 0) is 16.1 Å². The van der Waals surface area contributed by atoms with Crippen molar-refractivity contribution >= 4 is 23.1 Å². The van der Waals surface area contributed by atoms with E-state index in [-0.39, 0.29) is 18.5 Å². The predicted molar refractivity (Wildman–Crippen MR) is 79.3 cm³/mol. The third kappa shape index (κ3) is 2.97. The molecule has 0 radical (unpaired) electrons. The molecule has 5 nitrogen and oxygen atoms in total. The zero-order valence-electron chi connectivity index (χ0n) is 11.7. The summed E-state index contributed by atoms with van der Waals surface area (Å²) in [7, 11) is 0. The number of hydrogen-bond acceptors (Lipinski definition) is 3. The molecule has 1 aliphatic heterocycles. The number of hydrogen-bond donors (Lipinski definition) is 1. The van der Waals surface area contributed by atoms with Crippen molar-refractivity contribution in [2.75, 3.05) is 13.2 Å². The molecule has 0 bridgehead atoms. The second-order valence-corrected chi connectivity index (χ2v) is 5.30. The van der Waals surface area contributed by atoms with Gasteiger partial charge in [-0.2, -0.15) is 0 Å². The molecule has 1 fully saturated rings. The Balaban J connectivity index is 1.75. The topological polar surface area (TPSA) is 60.3 Å². The van der Waals surface area contributed by atoms with E-state index < -0.39 is 0 Å². The molecule has 1 aliphatic rings. The molecule has 1 aromatic carbocycles. The fraction of sp³-hybridized carbons (Fsp3) is 0.375. The third-order valence-electron chi connectivity index (χ3n) is 3.85. The first kappa shape index (κ1) is 13.8. The molecule has 1 aromatic heterocycles. The van der Waals surface area contributed by atoms with Crippen molar-refractivity contribution in [2.45, 2.75) is 25.4 Å². The van der Waals surface area contributed by atoms with E-state index in [0.29, 0.717) is 18.8 Å². The van der Waals surface area contributed by atoms with Crippen LogP contribution in [-0.4, -0.2) is 36.0 Å². The maximum Gasteiger partial charge on any atom is 0.240 e. The van der Waals surface area contributed by atoms with Gasteiger partial charge in [0.1, 0.15) is 6.54 Å². The number of para-hydroxylation sites is 1. The van der Waals surface area contributed by atoms with Gasteiger partial charge in [0.15, 0.2) is 6.29 Å². The minimum atomic E-state index is -0.0277. The number of benzene rings is 1. The quantitative estimate of drug-likeness (QED) is 0.871. The Kier molecular flexibility index (Phi) is 4.01. The van der Waals surface area contributed by atoms with Crippen LogP contribution in [0, 0.1) is 0 Å². The summed E-state index contributed by atoms with van der Waals surface area (Å²) in [5.74, 6) is -0.0277. The Labute approximate surface area is 122 Å². The van der Waals surface area contributed by atoms with Crippen molar-refractivity contribution in [1.82, 2.24) is 9.88 Å². The average Bonchev–Trinajstić information content (AvgIpc) is 2.91. The SMILES string of the molecule is O=Cc1cccc2ccn(CC(=O)NC3CCOCC3)c12. The van der Waals surface area contributed by atoms with E-state index in [9.17, 15) is 9.59 Å². The molecule has 5 heteroatoms. The van der Waals surface area contributed by atoms with Crippen LogP contribution in [0.25, 0.3) is 10.9 Å². The fourth-order valence-corrected chi connectivity index (χ4v) is 2.79. The second-order valence-electron chi connectivity index (χ2n) is 5.30. The van der Waals surface area contributed by atoms with E-state index in [1.165, 1.54) is 0 Å². The number of aromatic nitrogens is 1. The lowest BCUT2D eigenvalue weighted by atomic mass is 10.1. The number of nitrogens with zero attached hydrogens (tertiary/aromatic N) is 1. The zero-order chi connectivity index (χ0) is 14.7. The highest BCUT2D eigenvalue weighted by Gasteiger charge is 2.17. The van der Waals surface area contributed by atoms with Gasteiger partial charge in [-0.25, -0.2) is 0 Å². The van der Waals surface area contributed by atoms with Gasteiger partial charge >= 0.3 is 0 Å². The summed E-state index contributed by atoms with van der Waals surface area (Å²) in [5.41, 5.74) is 1.42. The largest absolute Gasteiger partial charge is 0.381 e. The third-order valence-corrected chi connectivity index (χ3v) is 3.85. The van der Waals surface area contributed by atoms with Gasteiger partial charge in [-0.1, -0.05) is 12.1 Å². The first-order valence-electron chi connectivity index (χ1n) is 7.18. The lowest BCUT2D eigenvalue weighted by Crippen LogP contribution is -2.40. The minimum absolute atomic E-state index is 0.0277. The molecular formula is C16H18N2O3. The zero-order valence-corrected chi connectivity index (χ0v) is 11.7. The van der Waals surface area contributed by atoms with Gasteiger partial charge in [0.25, 0.3) is 0 Å². The van der Waals surface area contributed by atoms with Gasteiger partial charge in [-0.05, 0) is 25.0 Å². The van der Waals surface area contributed by atoms with Gasteiger partial charge in [-0.3, -0.25) is 9.59 Å². The van der Waals surface area contributed by atoms with Crippen molar-refractivity contribution in [3.63, 3.8) is 0 Å². The Morgan fingerprint density at radius 3 is 2.90 bits per heavy atom. The Morgan fingerprint density at radius 1 is 1.33 bits per heavy atom. The van der Waals surface area contributed by atoms with Crippen LogP contribution >= 0.6 is 0 Å². The van der Waals surface area contributed by atoms with Crippen LogP contribution in [0.2, 0.25) is 0 Å². The van der Waals surface area contributed by atoms with E-state index in [4.69, 9.17) is 4.74 Å². The van der Waals surface area contributed by atoms with Crippen molar-refractivity contribution in [1.29, 1.82) is 0 Å². The lowest BCUT2D eigenvalue weighted by Gasteiger charge is -2.23. The van der Waals surface area contributed by atoms with E-state index in [0.717, 1.165) is 30.0 Å². The molecule has 0 unspecified atom stereocenters. The van der Waals surface area contributed by atoms with Crippen LogP contribution in [0.3, 0.4) is 0 Å². The molecule has 3 rings (SSSR count). The van der Waals surface area contributed by atoms with Crippen LogP contribution in [0.1, 0.15) is 23.2 Å². The molecule has 1 N–H and O–H groups in total. The van der Waals surface area contributed by atoms with Crippen LogP contribution in [0.15, 0.2) is 30.5 Å². The number of nitrogens with one attached hydrogen (secondary N) is 1. The van der Waals surface area contributed by atoms with Gasteiger partial charge in [0.05, 0.1) is 5.52 Å². The number of carbonyl (C=O) groups excluding carboxylic acids is 2. The molecule has 1 amide bonds. The van der Waals surface area contributed by atoms with Gasteiger partial charge in [0, 0.05) is 36.4 Å². The summed E-state index contributed by atoms with van der Waals surface area (Å²) >= 11 is 0. The van der Waals surface area contributed by atoms with Gasteiger partial charge in [0.2, 0.25) is 5.91 Å². The van der Waals surface area contributed by atoms with Crippen molar-refractivity contribution in [3.8, 4) is 0 Å². The van der Waals surface area contributed by atoms with Crippen molar-refractivity contribution in [2.24, 2.45) is 0 Å². The standard InChI is InChI=1S/C16H18N2O3/c19-11-13-3-1-2-12-4-7-18(16(12)13)10-15(20)17-14-5-8-21-9-6-14/h1-4,7,11,14H,5-6,8-10H2,(H,17,20). The number of carbonyl (C=O) groups is 2. The van der Waals surface area contributed by atoms with Crippen LogP contribution < -0.4 is 5.32 Å². The van der Waals surface area contributed by atoms with Crippen molar-refractivity contribution < 1.29 is 14.3 Å². The summed E-state index contributed by atoms with van der Waals surface area (Å²) in [6.45, 7) is 1.63. The van der Waals surface area contributed by atoms with Crippen molar-refractivity contribution in [3.05, 3.63) is 36.0 Å². The first-order chi connectivity index (χ1) is 10.3. The highest BCUT2D eigenvalue weighted by atomic mass is 16.5. The molecule has 2 heterocycles. The number of rotatable bonds is 4. The normalized spacial score (nSPS) is 16.0. The summed E-state index contributed by atoms with van der Waals surface area (Å²) in [6, 6.07) is 7.67. The number of fused-ring (bicyclic) bond motifs is 1. The fourth-order valence-electron chi connectivity index (χ4n) is 2.79. The van der Waals surface area contributed by atoms with Crippen LogP contribution in [0.4, 0.5) is 0 Å². The van der Waals surface area contributed by atoms with Gasteiger partial charge in [-0.15, -0.1) is 0 Å². The predicted octanol–water partition coefficient (Wildman–Crippen LogP) is 1.75. The molecule has 0 aliphatic carbocycles. The lowest BCUT2D eigenvalue weighted by molar-refractivity contribution is -0.122. The molecule has 0 spiro atoms. The highest BCUT2D eigenvalue weighted by Crippen LogP contribution is 2.19. The maximum absolute atomic E-state index is 12.2. The number of ether oxygens (including phenoxy) is 1. The summed E-state index contributed by atoms with van der Waals surface area (Å²) in [5, 5.41) is 4.00. The Hall–Kier alpha value is -2.14. The molecule has 0 saturated carbocycles. The molecule has 1 saturated heterocycles. The molecule has 110 valence electrons. The van der Waals surface area contributed by atoms with Crippen LogP contribution in [0.5, 0.6) is 0 Å². The minimum Gasteiger partial charge on any atom is -0.381 e. The van der Waals surface area contributed by atoms with E-state index in [2.05, 4.69) is 5.32 Å². The Morgan fingerprint density at radius 2 is 2.14 bits per heavy atom.